The zero-order chi connectivity index (χ0) is 24.1. The molecule has 4 rings (SSSR count). The summed E-state index contributed by atoms with van der Waals surface area (Å²) in [7, 11) is 0. The quantitative estimate of drug-likeness (QED) is 0.407. The molecule has 2 amide bonds. The summed E-state index contributed by atoms with van der Waals surface area (Å²) in [6.45, 7) is 4.30. The minimum atomic E-state index is -0.279. The van der Waals surface area contributed by atoms with Gasteiger partial charge in [0.1, 0.15) is 6.54 Å². The number of anilines is 2. The molecule has 0 aliphatic heterocycles. The van der Waals surface area contributed by atoms with Gasteiger partial charge in [0.25, 0.3) is 5.91 Å². The highest BCUT2D eigenvalue weighted by Gasteiger charge is 2.20. The molecule has 0 saturated heterocycles. The van der Waals surface area contributed by atoms with Crippen molar-refractivity contribution in [2.24, 2.45) is 0 Å². The van der Waals surface area contributed by atoms with Gasteiger partial charge >= 0.3 is 0 Å². The van der Waals surface area contributed by atoms with Crippen LogP contribution in [0.25, 0.3) is 11.3 Å². The molecule has 0 aliphatic carbocycles. The van der Waals surface area contributed by atoms with Crippen molar-refractivity contribution in [1.82, 2.24) is 14.9 Å². The van der Waals surface area contributed by atoms with Gasteiger partial charge in [-0.25, -0.2) is 4.98 Å². The summed E-state index contributed by atoms with van der Waals surface area (Å²) in [6.07, 6.45) is 3.14. The lowest BCUT2D eigenvalue weighted by molar-refractivity contribution is -0.117. The Balaban J connectivity index is 1.50. The lowest BCUT2D eigenvalue weighted by Gasteiger charge is -2.24. The molecular formula is C26H25N5O2S. The van der Waals surface area contributed by atoms with Gasteiger partial charge in [-0.05, 0) is 54.8 Å². The minimum absolute atomic E-state index is 0.0844. The molecule has 0 saturated carbocycles. The SMILES string of the molecule is Cc1cccc(CN(CC(=O)Nc2ccc(-c3csc(N)n3)cc2)C(=O)c2ccncc2)c1C. The first-order chi connectivity index (χ1) is 16.4. The number of aromatic nitrogens is 2. The number of hydrogen-bond donors (Lipinski definition) is 2. The minimum Gasteiger partial charge on any atom is -0.375 e. The van der Waals surface area contributed by atoms with Crippen molar-refractivity contribution in [2.75, 3.05) is 17.6 Å². The van der Waals surface area contributed by atoms with Gasteiger partial charge in [0.05, 0.1) is 5.69 Å². The van der Waals surface area contributed by atoms with Crippen molar-refractivity contribution in [3.63, 3.8) is 0 Å². The van der Waals surface area contributed by atoms with Crippen LogP contribution in [0.5, 0.6) is 0 Å². The highest BCUT2D eigenvalue weighted by atomic mass is 32.1. The molecule has 2 aromatic heterocycles. The van der Waals surface area contributed by atoms with Crippen LogP contribution in [0, 0.1) is 13.8 Å². The lowest BCUT2D eigenvalue weighted by Crippen LogP contribution is -2.37. The summed E-state index contributed by atoms with van der Waals surface area (Å²) in [5.41, 5.74) is 11.8. The van der Waals surface area contributed by atoms with Crippen molar-refractivity contribution < 1.29 is 9.59 Å². The number of benzene rings is 2. The number of thiazole rings is 1. The van der Waals surface area contributed by atoms with E-state index in [1.54, 1.807) is 29.4 Å². The number of hydrogen-bond acceptors (Lipinski definition) is 6. The predicted molar refractivity (Wildman–Crippen MR) is 135 cm³/mol. The Morgan fingerprint density at radius 2 is 1.76 bits per heavy atom. The standard InChI is InChI=1S/C26H25N5O2S/c1-17-4-3-5-21(18(17)2)14-31(25(33)20-10-12-28-13-11-20)15-24(32)29-22-8-6-19(7-9-22)23-16-34-26(27)30-23/h3-13,16H,14-15H2,1-2H3,(H2,27,30)(H,29,32). The van der Waals surface area contributed by atoms with E-state index in [1.807, 2.05) is 61.7 Å². The molecule has 0 spiro atoms. The number of aryl methyl sites for hydroxylation is 1. The van der Waals surface area contributed by atoms with E-state index in [-0.39, 0.29) is 18.4 Å². The van der Waals surface area contributed by atoms with Crippen molar-refractivity contribution in [3.8, 4) is 11.3 Å². The molecule has 0 fully saturated rings. The third-order valence-electron chi connectivity index (χ3n) is 5.61. The zero-order valence-electron chi connectivity index (χ0n) is 19.0. The molecule has 4 aromatic rings. The van der Waals surface area contributed by atoms with Crippen molar-refractivity contribution in [1.29, 1.82) is 0 Å². The number of carbonyl (C=O) groups excluding carboxylic acids is 2. The molecule has 8 heteroatoms. The Kier molecular flexibility index (Phi) is 6.98. The first-order valence-corrected chi connectivity index (χ1v) is 11.6. The smallest absolute Gasteiger partial charge is 0.254 e. The monoisotopic (exact) mass is 471 g/mol. The van der Waals surface area contributed by atoms with Gasteiger partial charge in [0, 0.05) is 41.1 Å². The molecule has 0 aliphatic rings. The summed E-state index contributed by atoms with van der Waals surface area (Å²) < 4.78 is 0. The van der Waals surface area contributed by atoms with Crippen LogP contribution < -0.4 is 11.1 Å². The highest BCUT2D eigenvalue weighted by molar-refractivity contribution is 7.13. The fourth-order valence-corrected chi connectivity index (χ4v) is 4.16. The molecular weight excluding hydrogens is 446 g/mol. The predicted octanol–water partition coefficient (Wildman–Crippen LogP) is 4.69. The molecule has 172 valence electrons. The van der Waals surface area contributed by atoms with Gasteiger partial charge in [-0.3, -0.25) is 14.6 Å². The van der Waals surface area contributed by atoms with Crippen LogP contribution in [0.3, 0.4) is 0 Å². The Morgan fingerprint density at radius 3 is 2.44 bits per heavy atom. The van der Waals surface area contributed by atoms with Crippen LogP contribution in [0.2, 0.25) is 0 Å². The topological polar surface area (TPSA) is 101 Å². The number of carbonyl (C=O) groups is 2. The largest absolute Gasteiger partial charge is 0.375 e. The zero-order valence-corrected chi connectivity index (χ0v) is 19.8. The van der Waals surface area contributed by atoms with E-state index in [1.165, 1.54) is 11.3 Å². The van der Waals surface area contributed by atoms with Crippen LogP contribution >= 0.6 is 11.3 Å². The van der Waals surface area contributed by atoms with Crippen LogP contribution in [0.1, 0.15) is 27.0 Å². The average molecular weight is 472 g/mol. The highest BCUT2D eigenvalue weighted by Crippen LogP contribution is 2.24. The van der Waals surface area contributed by atoms with E-state index in [0.29, 0.717) is 22.9 Å². The van der Waals surface area contributed by atoms with Gasteiger partial charge in [0.2, 0.25) is 5.91 Å². The number of nitrogens with two attached hydrogens (primary N) is 1. The second-order valence-corrected chi connectivity index (χ2v) is 8.84. The first-order valence-electron chi connectivity index (χ1n) is 10.8. The van der Waals surface area contributed by atoms with Gasteiger partial charge < -0.3 is 16.0 Å². The number of amides is 2. The van der Waals surface area contributed by atoms with Crippen LogP contribution in [-0.2, 0) is 11.3 Å². The Hall–Kier alpha value is -4.04. The van der Waals surface area contributed by atoms with Gasteiger partial charge in [0.15, 0.2) is 5.13 Å². The number of nitrogens with one attached hydrogen (secondary N) is 1. The maximum atomic E-state index is 13.2. The van der Waals surface area contributed by atoms with E-state index in [0.717, 1.165) is 27.9 Å². The van der Waals surface area contributed by atoms with Gasteiger partial charge in [-0.2, -0.15) is 0 Å². The molecule has 7 nitrogen and oxygen atoms in total. The van der Waals surface area contributed by atoms with Crippen LogP contribution in [0.15, 0.2) is 72.4 Å². The van der Waals surface area contributed by atoms with Gasteiger partial charge in [-0.1, -0.05) is 30.3 Å². The number of nitrogens with zero attached hydrogens (tertiary/aromatic N) is 3. The molecule has 34 heavy (non-hydrogen) atoms. The molecule has 0 atom stereocenters. The second kappa shape index (κ2) is 10.3. The Labute approximate surface area is 202 Å². The number of nitrogen functional groups attached to an aromatic ring is 1. The fraction of sp³-hybridized carbons (Fsp3) is 0.154. The van der Waals surface area contributed by atoms with Crippen molar-refractivity contribution in [3.05, 3.63) is 94.6 Å². The molecule has 0 radical (unpaired) electrons. The van der Waals surface area contributed by atoms with E-state index in [4.69, 9.17) is 5.73 Å². The normalized spacial score (nSPS) is 10.6. The van der Waals surface area contributed by atoms with E-state index < -0.39 is 0 Å². The second-order valence-electron chi connectivity index (χ2n) is 7.95. The first kappa shape index (κ1) is 23.1. The maximum absolute atomic E-state index is 13.2. The van der Waals surface area contributed by atoms with Crippen molar-refractivity contribution >= 4 is 34.0 Å². The lowest BCUT2D eigenvalue weighted by atomic mass is 10.0. The molecule has 0 bridgehead atoms. The summed E-state index contributed by atoms with van der Waals surface area (Å²) in [4.78, 5) is 36.0. The summed E-state index contributed by atoms with van der Waals surface area (Å²) >= 11 is 1.38. The summed E-state index contributed by atoms with van der Waals surface area (Å²) in [5, 5.41) is 5.28. The third-order valence-corrected chi connectivity index (χ3v) is 6.29. The molecule has 0 unspecified atom stereocenters. The Morgan fingerprint density at radius 1 is 1.03 bits per heavy atom. The van der Waals surface area contributed by atoms with Crippen LogP contribution in [-0.4, -0.2) is 33.2 Å². The fourth-order valence-electron chi connectivity index (χ4n) is 3.58. The molecule has 3 N–H and O–H groups in total. The molecule has 2 aromatic carbocycles. The van der Waals surface area contributed by atoms with Crippen LogP contribution in [0.4, 0.5) is 10.8 Å². The van der Waals surface area contributed by atoms with E-state index in [2.05, 4.69) is 15.3 Å². The van der Waals surface area contributed by atoms with E-state index in [9.17, 15) is 9.59 Å². The van der Waals surface area contributed by atoms with Crippen molar-refractivity contribution in [2.45, 2.75) is 20.4 Å². The number of pyridine rings is 1. The maximum Gasteiger partial charge on any atom is 0.254 e. The molecule has 2 heterocycles. The Bertz CT molecular complexity index is 1300. The third kappa shape index (κ3) is 5.47. The average Bonchev–Trinajstić information content (AvgIpc) is 3.28. The van der Waals surface area contributed by atoms with E-state index >= 15 is 0 Å². The number of rotatable bonds is 7. The summed E-state index contributed by atoms with van der Waals surface area (Å²) in [5.74, 6) is -0.506. The van der Waals surface area contributed by atoms with Gasteiger partial charge in [-0.15, -0.1) is 11.3 Å². The summed E-state index contributed by atoms with van der Waals surface area (Å²) in [6, 6.07) is 16.7.